The summed E-state index contributed by atoms with van der Waals surface area (Å²) < 4.78 is 60.1. The highest BCUT2D eigenvalue weighted by atomic mass is 32.2. The van der Waals surface area contributed by atoms with Gasteiger partial charge in [-0.25, -0.2) is 8.42 Å². The molecule has 0 radical (unpaired) electrons. The molecule has 36 heavy (non-hydrogen) atoms. The molecule has 1 atom stereocenters. The lowest BCUT2D eigenvalue weighted by atomic mass is 9.94. The molecule has 1 unspecified atom stereocenters. The maximum absolute atomic E-state index is 13.4. The van der Waals surface area contributed by atoms with Crippen molar-refractivity contribution in [2.75, 3.05) is 11.2 Å². The second-order valence-corrected chi connectivity index (χ2v) is 11.2. The van der Waals surface area contributed by atoms with E-state index in [2.05, 4.69) is 14.8 Å². The predicted octanol–water partition coefficient (Wildman–Crippen LogP) is 3.41. The second kappa shape index (κ2) is 7.48. The van der Waals surface area contributed by atoms with E-state index in [0.29, 0.717) is 29.7 Å². The summed E-state index contributed by atoms with van der Waals surface area (Å²) in [5.41, 5.74) is 2.65. The van der Waals surface area contributed by atoms with Crippen LogP contribution >= 0.6 is 0 Å². The van der Waals surface area contributed by atoms with Crippen LogP contribution in [0.1, 0.15) is 24.0 Å². The molecule has 0 bridgehead atoms. The molecule has 1 saturated carbocycles. The number of anilines is 1. The summed E-state index contributed by atoms with van der Waals surface area (Å²) in [5, 5.41) is 14.7. The van der Waals surface area contributed by atoms with Crippen molar-refractivity contribution in [1.82, 2.24) is 0 Å². The molecule has 2 aliphatic heterocycles. The number of sulfone groups is 1. The average Bonchev–Trinajstić information content (AvgIpc) is 3.51. The maximum atomic E-state index is 13.4. The van der Waals surface area contributed by atoms with Gasteiger partial charge in [0.1, 0.15) is 4.90 Å². The van der Waals surface area contributed by atoms with Gasteiger partial charge in [0.25, 0.3) is 0 Å². The Hall–Kier alpha value is -3.54. The lowest BCUT2D eigenvalue weighted by Crippen LogP contribution is -3.00. The average molecular weight is 515 g/mol. The molecule has 0 spiro atoms. The molecular weight excluding hydrogens is 494 g/mol. The van der Waals surface area contributed by atoms with E-state index in [1.807, 2.05) is 13.0 Å². The minimum Gasteiger partial charge on any atom is -0.628 e. The van der Waals surface area contributed by atoms with Crippen LogP contribution in [-0.4, -0.2) is 26.5 Å². The standard InChI is InChI=1S/C25H20F2N2O6S/c1-14-2-5-17(12-18(14)15-3-7-22-19(10-15)29(31)13-36(22,32)33)28-23(30)24(8-9-24)16-4-6-20-21(11-16)35-25(26,27)34-20/h2-7,10-12,29H,8-9,13H2,1H3,(H,28,30). The Morgan fingerprint density at radius 3 is 2.53 bits per heavy atom. The van der Waals surface area contributed by atoms with Crippen LogP contribution in [0.4, 0.5) is 20.2 Å². The Balaban J connectivity index is 1.28. The van der Waals surface area contributed by atoms with E-state index < -0.39 is 32.5 Å². The van der Waals surface area contributed by atoms with Gasteiger partial charge >= 0.3 is 6.29 Å². The summed E-state index contributed by atoms with van der Waals surface area (Å²) in [6.07, 6.45) is -2.63. The van der Waals surface area contributed by atoms with Gasteiger partial charge in [0.05, 0.1) is 5.41 Å². The second-order valence-electron chi connectivity index (χ2n) is 9.29. The fraction of sp³-hybridized carbons (Fsp3) is 0.240. The van der Waals surface area contributed by atoms with Crippen molar-refractivity contribution < 1.29 is 36.5 Å². The number of aryl methyl sites for hydroxylation is 1. The lowest BCUT2D eigenvalue weighted by Gasteiger charge is -2.18. The Bertz CT molecular complexity index is 1550. The number of hydrogen-bond donors (Lipinski definition) is 2. The van der Waals surface area contributed by atoms with E-state index in [-0.39, 0.29) is 28.0 Å². The van der Waals surface area contributed by atoms with Gasteiger partial charge in [0, 0.05) is 11.8 Å². The van der Waals surface area contributed by atoms with Gasteiger partial charge in [0.2, 0.25) is 15.7 Å². The molecular formula is C25H20F2N2O6S. The zero-order chi connectivity index (χ0) is 25.5. The number of benzene rings is 3. The van der Waals surface area contributed by atoms with Crippen LogP contribution in [0.2, 0.25) is 0 Å². The van der Waals surface area contributed by atoms with Crippen molar-refractivity contribution >= 4 is 27.1 Å². The van der Waals surface area contributed by atoms with E-state index in [1.54, 1.807) is 30.3 Å². The molecule has 1 fully saturated rings. The molecule has 1 aliphatic carbocycles. The lowest BCUT2D eigenvalue weighted by molar-refractivity contribution is -0.759. The Morgan fingerprint density at radius 1 is 1.03 bits per heavy atom. The molecule has 2 N–H and O–H groups in total. The third-order valence-electron chi connectivity index (χ3n) is 6.88. The first kappa shape index (κ1) is 22.9. The Labute approximate surface area is 204 Å². The molecule has 11 heteroatoms. The van der Waals surface area contributed by atoms with Crippen LogP contribution < -0.4 is 19.9 Å². The highest BCUT2D eigenvalue weighted by Crippen LogP contribution is 2.52. The predicted molar refractivity (Wildman–Crippen MR) is 125 cm³/mol. The van der Waals surface area contributed by atoms with E-state index in [9.17, 15) is 27.2 Å². The SMILES string of the molecule is Cc1ccc(NC(=O)C2(c3ccc4c(c3)OC(F)(F)O4)CC2)cc1-c1ccc2c(c1)[NH+]([O-])CS2(=O)=O. The van der Waals surface area contributed by atoms with Crippen molar-refractivity contribution in [3.63, 3.8) is 0 Å². The Morgan fingerprint density at radius 2 is 1.78 bits per heavy atom. The van der Waals surface area contributed by atoms with Crippen molar-refractivity contribution in [3.8, 4) is 22.6 Å². The van der Waals surface area contributed by atoms with Crippen LogP contribution in [0.25, 0.3) is 11.1 Å². The van der Waals surface area contributed by atoms with Crippen LogP contribution in [0, 0.1) is 12.1 Å². The normalized spacial score (nSPS) is 21.6. The fourth-order valence-corrected chi connectivity index (χ4v) is 6.23. The minimum atomic E-state index is -3.73. The number of fused-ring (bicyclic) bond motifs is 2. The van der Waals surface area contributed by atoms with Gasteiger partial charge in [-0.2, -0.15) is 0 Å². The summed E-state index contributed by atoms with van der Waals surface area (Å²) in [5.74, 6) is -0.996. The molecule has 0 aromatic heterocycles. The molecule has 2 heterocycles. The summed E-state index contributed by atoms with van der Waals surface area (Å²) in [4.78, 5) is 13.3. The van der Waals surface area contributed by atoms with Gasteiger partial charge in [0.15, 0.2) is 23.1 Å². The van der Waals surface area contributed by atoms with Crippen molar-refractivity contribution in [2.24, 2.45) is 0 Å². The van der Waals surface area contributed by atoms with Crippen molar-refractivity contribution in [2.45, 2.75) is 36.4 Å². The van der Waals surface area contributed by atoms with Gasteiger partial charge in [-0.1, -0.05) is 18.2 Å². The molecule has 0 saturated heterocycles. The molecule has 3 aromatic rings. The number of alkyl halides is 2. The molecule has 186 valence electrons. The van der Waals surface area contributed by atoms with Crippen molar-refractivity contribution in [1.29, 1.82) is 0 Å². The fourth-order valence-electron chi connectivity index (χ4n) is 4.79. The monoisotopic (exact) mass is 514 g/mol. The van der Waals surface area contributed by atoms with Gasteiger partial charge < -0.3 is 25.1 Å². The molecule has 8 nitrogen and oxygen atoms in total. The van der Waals surface area contributed by atoms with Crippen LogP contribution in [0.3, 0.4) is 0 Å². The van der Waals surface area contributed by atoms with E-state index in [0.717, 1.165) is 11.1 Å². The summed E-state index contributed by atoms with van der Waals surface area (Å²) >= 11 is 0. The number of rotatable bonds is 4. The molecule has 3 aliphatic rings. The highest BCUT2D eigenvalue weighted by molar-refractivity contribution is 7.91. The number of halogens is 2. The number of quaternary nitrogens is 1. The van der Waals surface area contributed by atoms with E-state index in [1.165, 1.54) is 18.2 Å². The van der Waals surface area contributed by atoms with E-state index >= 15 is 0 Å². The number of amides is 1. The number of carbonyl (C=O) groups excluding carboxylic acids is 1. The number of ether oxygens (including phenoxy) is 2. The largest absolute Gasteiger partial charge is 0.628 e. The van der Waals surface area contributed by atoms with Gasteiger partial charge in [-0.15, -0.1) is 8.78 Å². The topological polar surface area (TPSA) is 109 Å². The van der Waals surface area contributed by atoms with Crippen LogP contribution in [0.15, 0.2) is 59.5 Å². The quantitative estimate of drug-likeness (QED) is 0.517. The van der Waals surface area contributed by atoms with E-state index in [4.69, 9.17) is 0 Å². The van der Waals surface area contributed by atoms with Crippen LogP contribution in [0.5, 0.6) is 11.5 Å². The molecule has 3 aromatic carbocycles. The van der Waals surface area contributed by atoms with Gasteiger partial charge in [-0.05, 0) is 72.4 Å². The Kier molecular flexibility index (Phi) is 4.76. The molecule has 6 rings (SSSR count). The number of nitrogens with one attached hydrogen (secondary N) is 2. The smallest absolute Gasteiger partial charge is 0.586 e. The zero-order valence-corrected chi connectivity index (χ0v) is 19.7. The number of hydrogen-bond acceptors (Lipinski definition) is 6. The highest BCUT2D eigenvalue weighted by Gasteiger charge is 2.52. The zero-order valence-electron chi connectivity index (χ0n) is 18.9. The van der Waals surface area contributed by atoms with Gasteiger partial charge in [-0.3, -0.25) is 4.79 Å². The minimum absolute atomic E-state index is 0.0375. The maximum Gasteiger partial charge on any atom is 0.586 e. The first-order valence-electron chi connectivity index (χ1n) is 11.2. The van der Waals surface area contributed by atoms with Crippen molar-refractivity contribution in [3.05, 3.63) is 70.9 Å². The summed E-state index contributed by atoms with van der Waals surface area (Å²) in [6, 6.07) is 14.4. The summed E-state index contributed by atoms with van der Waals surface area (Å²) in [6.45, 7) is 1.87. The van der Waals surface area contributed by atoms with Crippen LogP contribution in [-0.2, 0) is 20.0 Å². The third kappa shape index (κ3) is 3.62. The number of hydroxylamine groups is 1. The first-order chi connectivity index (χ1) is 17.0. The number of carbonyl (C=O) groups is 1. The first-order valence-corrected chi connectivity index (χ1v) is 12.9. The molecule has 1 amide bonds. The third-order valence-corrected chi connectivity index (χ3v) is 8.55. The summed E-state index contributed by atoms with van der Waals surface area (Å²) in [7, 11) is -3.60.